The van der Waals surface area contributed by atoms with Crippen LogP contribution in [-0.2, 0) is 14.4 Å². The summed E-state index contributed by atoms with van der Waals surface area (Å²) in [5, 5.41) is 3.73. The monoisotopic (exact) mass is 521 g/mol. The minimum absolute atomic E-state index is 0.285. The van der Waals surface area contributed by atoms with Crippen LogP contribution in [0.1, 0.15) is 17.0 Å². The van der Waals surface area contributed by atoms with Gasteiger partial charge in [0.1, 0.15) is 5.75 Å². The number of anilines is 1. The van der Waals surface area contributed by atoms with Gasteiger partial charge in [-0.05, 0) is 39.4 Å². The molecule has 0 unspecified atom stereocenters. The number of imide groups is 1. The highest BCUT2D eigenvalue weighted by molar-refractivity contribution is 6.27. The molecule has 5 aromatic rings. The number of fused-ring (bicyclic) bond motifs is 8. The van der Waals surface area contributed by atoms with Crippen LogP contribution >= 0.6 is 0 Å². The molecule has 5 aromatic carbocycles. The number of benzene rings is 5. The van der Waals surface area contributed by atoms with E-state index in [9.17, 15) is 14.4 Å². The second-order valence-corrected chi connectivity index (χ2v) is 10.7. The van der Waals surface area contributed by atoms with Crippen molar-refractivity contribution in [2.24, 2.45) is 17.8 Å². The fraction of sp³-hybridized carbons (Fsp3) is 0.114. The molecule has 192 valence electrons. The van der Waals surface area contributed by atoms with E-state index in [1.165, 1.54) is 4.90 Å². The maximum absolute atomic E-state index is 14.4. The van der Waals surface area contributed by atoms with Crippen LogP contribution in [0.15, 0.2) is 115 Å². The average molecular weight is 522 g/mol. The molecule has 2 amide bonds. The quantitative estimate of drug-likeness (QED) is 0.151. The van der Waals surface area contributed by atoms with Crippen LogP contribution in [0.3, 0.4) is 0 Å². The molecule has 0 aromatic heterocycles. The molecular formula is C35H23NO4. The normalized spacial score (nSPS) is 23.4. The Morgan fingerprint density at radius 3 is 2.05 bits per heavy atom. The lowest BCUT2D eigenvalue weighted by Gasteiger charge is -2.38. The molecule has 1 saturated heterocycles. The zero-order valence-corrected chi connectivity index (χ0v) is 21.4. The Bertz CT molecular complexity index is 1920. The molecule has 0 N–H and O–H groups in total. The summed E-state index contributed by atoms with van der Waals surface area (Å²) in [5.74, 6) is -3.51. The predicted octanol–water partition coefficient (Wildman–Crippen LogP) is 6.51. The number of carbonyl (C=O) groups excluding carboxylic acids is 3. The lowest BCUT2D eigenvalue weighted by molar-refractivity contribution is -0.142. The van der Waals surface area contributed by atoms with E-state index in [-0.39, 0.29) is 17.7 Å². The molecule has 5 heteroatoms. The number of allylic oxidation sites excluding steroid dienone is 1. The molecular weight excluding hydrogens is 498 g/mol. The summed E-state index contributed by atoms with van der Waals surface area (Å²) >= 11 is 0. The fourth-order valence-corrected chi connectivity index (χ4v) is 6.97. The highest BCUT2D eigenvalue weighted by atomic mass is 16.5. The number of rotatable bonds is 2. The summed E-state index contributed by atoms with van der Waals surface area (Å²) in [6.07, 6.45) is 2.05. The molecule has 0 bridgehead atoms. The Labute approximate surface area is 230 Å². The second-order valence-electron chi connectivity index (χ2n) is 10.7. The Hall–Kier alpha value is -5.03. The summed E-state index contributed by atoms with van der Waals surface area (Å²) in [6, 6.07) is 34.9. The molecule has 3 aliphatic rings. The summed E-state index contributed by atoms with van der Waals surface area (Å²) < 4.78 is 5.89. The summed E-state index contributed by atoms with van der Waals surface area (Å²) in [6.45, 7) is 0. The third-order valence-corrected chi connectivity index (χ3v) is 8.67. The van der Waals surface area contributed by atoms with E-state index in [1.54, 1.807) is 0 Å². The highest BCUT2D eigenvalue weighted by Gasteiger charge is 2.60. The molecule has 5 nitrogen and oxygen atoms in total. The van der Waals surface area contributed by atoms with Gasteiger partial charge < -0.3 is 4.74 Å². The van der Waals surface area contributed by atoms with Crippen molar-refractivity contribution in [3.8, 4) is 5.75 Å². The van der Waals surface area contributed by atoms with Crippen molar-refractivity contribution in [3.05, 3.63) is 126 Å². The summed E-state index contributed by atoms with van der Waals surface area (Å²) in [7, 11) is 0. The number of hydrogen-bond acceptors (Lipinski definition) is 4. The smallest absolute Gasteiger partial charge is 0.319 e. The SMILES string of the molecule is O=C1Oc2ccc3ccccc3c2C2=C[C@H](c3ccccc3)[C@@H]3C(=O)N(c4cccc5ccccc45)C(=O)[C@@H]3[C@H]12. The zero-order valence-electron chi connectivity index (χ0n) is 21.4. The van der Waals surface area contributed by atoms with Gasteiger partial charge in [-0.15, -0.1) is 0 Å². The van der Waals surface area contributed by atoms with Crippen molar-refractivity contribution in [2.45, 2.75) is 5.92 Å². The van der Waals surface area contributed by atoms with Crippen molar-refractivity contribution in [3.63, 3.8) is 0 Å². The van der Waals surface area contributed by atoms with Gasteiger partial charge in [0.2, 0.25) is 11.8 Å². The minimum Gasteiger partial charge on any atom is -0.425 e. The van der Waals surface area contributed by atoms with Gasteiger partial charge in [-0.25, -0.2) is 4.90 Å². The van der Waals surface area contributed by atoms with Crippen molar-refractivity contribution in [1.29, 1.82) is 0 Å². The third kappa shape index (κ3) is 3.12. The molecule has 1 aliphatic carbocycles. The number of esters is 1. The Kier molecular flexibility index (Phi) is 4.86. The number of nitrogens with zero attached hydrogens (tertiary/aromatic N) is 1. The van der Waals surface area contributed by atoms with E-state index >= 15 is 0 Å². The van der Waals surface area contributed by atoms with E-state index in [0.717, 1.165) is 38.2 Å². The second kappa shape index (κ2) is 8.48. The summed E-state index contributed by atoms with van der Waals surface area (Å²) in [5.41, 5.74) is 3.07. The van der Waals surface area contributed by atoms with Crippen LogP contribution in [-0.4, -0.2) is 17.8 Å². The van der Waals surface area contributed by atoms with Crippen molar-refractivity contribution in [1.82, 2.24) is 0 Å². The molecule has 0 spiro atoms. The minimum atomic E-state index is -0.878. The van der Waals surface area contributed by atoms with Gasteiger partial charge in [0.15, 0.2) is 0 Å². The maximum Gasteiger partial charge on any atom is 0.319 e. The van der Waals surface area contributed by atoms with Crippen LogP contribution in [0.5, 0.6) is 5.75 Å². The number of ether oxygens (including phenoxy) is 1. The molecule has 0 saturated carbocycles. The van der Waals surface area contributed by atoms with E-state index in [2.05, 4.69) is 0 Å². The molecule has 2 aliphatic heterocycles. The Balaban J connectivity index is 1.37. The highest BCUT2D eigenvalue weighted by Crippen LogP contribution is 2.56. The lowest BCUT2D eigenvalue weighted by atomic mass is 9.64. The van der Waals surface area contributed by atoms with Crippen molar-refractivity contribution < 1.29 is 19.1 Å². The van der Waals surface area contributed by atoms with E-state index < -0.39 is 23.7 Å². The first kappa shape index (κ1) is 22.9. The Morgan fingerprint density at radius 2 is 1.25 bits per heavy atom. The van der Waals surface area contributed by atoms with Gasteiger partial charge in [-0.1, -0.05) is 103 Å². The van der Waals surface area contributed by atoms with Gasteiger partial charge in [0.25, 0.3) is 0 Å². The van der Waals surface area contributed by atoms with E-state index in [1.807, 2.05) is 115 Å². The van der Waals surface area contributed by atoms with E-state index in [0.29, 0.717) is 11.4 Å². The van der Waals surface area contributed by atoms with Crippen LogP contribution in [0, 0.1) is 17.8 Å². The van der Waals surface area contributed by atoms with Gasteiger partial charge in [0, 0.05) is 16.9 Å². The standard InChI is InChI=1S/C35H23NO4/c37-33-30-25(21-9-2-1-3-10-21)19-26-29-24-15-7-5-12-22(24)17-18-28(29)40-35(39)31(26)32(30)34(38)36(33)27-16-8-13-20-11-4-6-14-23(20)27/h1-19,25,30-32H/t25-,30+,31-,32+/m1/s1. The molecule has 0 radical (unpaired) electrons. The van der Waals surface area contributed by atoms with Crippen molar-refractivity contribution >= 4 is 50.6 Å². The first-order chi connectivity index (χ1) is 19.6. The number of carbonyl (C=O) groups is 3. The number of amides is 2. The average Bonchev–Trinajstić information content (AvgIpc) is 3.26. The van der Waals surface area contributed by atoms with Crippen LogP contribution in [0.25, 0.3) is 27.1 Å². The van der Waals surface area contributed by atoms with Gasteiger partial charge in [-0.2, -0.15) is 0 Å². The first-order valence-electron chi connectivity index (χ1n) is 13.5. The van der Waals surface area contributed by atoms with Crippen LogP contribution in [0.2, 0.25) is 0 Å². The third-order valence-electron chi connectivity index (χ3n) is 8.67. The predicted molar refractivity (Wildman–Crippen MR) is 154 cm³/mol. The molecule has 2 heterocycles. The zero-order chi connectivity index (χ0) is 27.0. The largest absolute Gasteiger partial charge is 0.425 e. The Morgan fingerprint density at radius 1 is 0.600 bits per heavy atom. The molecule has 40 heavy (non-hydrogen) atoms. The molecule has 4 atom stereocenters. The molecule has 8 rings (SSSR count). The van der Waals surface area contributed by atoms with Crippen LogP contribution in [0.4, 0.5) is 5.69 Å². The maximum atomic E-state index is 14.4. The topological polar surface area (TPSA) is 63.7 Å². The molecule has 1 fully saturated rings. The summed E-state index contributed by atoms with van der Waals surface area (Å²) in [4.78, 5) is 43.7. The van der Waals surface area contributed by atoms with Gasteiger partial charge in [0.05, 0.1) is 23.4 Å². The number of hydrogen-bond donors (Lipinski definition) is 0. The first-order valence-corrected chi connectivity index (χ1v) is 13.5. The van der Waals surface area contributed by atoms with Crippen LogP contribution < -0.4 is 9.64 Å². The van der Waals surface area contributed by atoms with E-state index in [4.69, 9.17) is 4.74 Å². The fourth-order valence-electron chi connectivity index (χ4n) is 6.97. The van der Waals surface area contributed by atoms with Gasteiger partial charge >= 0.3 is 5.97 Å². The lowest BCUT2D eigenvalue weighted by Crippen LogP contribution is -2.42. The van der Waals surface area contributed by atoms with Crippen molar-refractivity contribution in [2.75, 3.05) is 4.90 Å². The van der Waals surface area contributed by atoms with Gasteiger partial charge in [-0.3, -0.25) is 14.4 Å².